The van der Waals surface area contributed by atoms with Crippen LogP contribution in [0, 0.1) is 10.1 Å². The Balaban J connectivity index is 2.16. The fourth-order valence-electron chi connectivity index (χ4n) is 1.65. The van der Waals surface area contributed by atoms with Gasteiger partial charge in [-0.05, 0) is 24.2 Å². The fraction of sp³-hybridized carbons (Fsp3) is 0.400. The molecule has 4 heteroatoms. The van der Waals surface area contributed by atoms with Crippen LogP contribution in [-0.2, 0) is 0 Å². The molecule has 1 saturated heterocycles. The van der Waals surface area contributed by atoms with Crippen molar-refractivity contribution in [2.24, 2.45) is 0 Å². The van der Waals surface area contributed by atoms with Gasteiger partial charge < -0.3 is 0 Å². The number of rotatable bonds is 2. The Morgan fingerprint density at radius 3 is 2.57 bits per heavy atom. The van der Waals surface area contributed by atoms with E-state index in [0.717, 1.165) is 0 Å². The summed E-state index contributed by atoms with van der Waals surface area (Å²) in [5, 5.41) is 11.0. The molecule has 0 amide bonds. The van der Waals surface area contributed by atoms with Crippen LogP contribution in [0.4, 0.5) is 5.69 Å². The van der Waals surface area contributed by atoms with Crippen LogP contribution < -0.4 is 0 Å². The second kappa shape index (κ2) is 4.00. The number of nitro benzene ring substituents is 1. The average Bonchev–Trinajstić information content (AvgIpc) is 2.71. The molecule has 1 heterocycles. The second-order valence-corrected chi connectivity index (χ2v) is 4.66. The topological polar surface area (TPSA) is 43.1 Å². The summed E-state index contributed by atoms with van der Waals surface area (Å²) < 4.78 is 0. The fourth-order valence-corrected chi connectivity index (χ4v) is 2.95. The van der Waals surface area contributed by atoms with Gasteiger partial charge >= 0.3 is 0 Å². The van der Waals surface area contributed by atoms with Crippen molar-refractivity contribution in [1.29, 1.82) is 0 Å². The Kier molecular flexibility index (Phi) is 2.72. The minimum absolute atomic E-state index is 0.178. The Morgan fingerprint density at radius 1 is 1.36 bits per heavy atom. The van der Waals surface area contributed by atoms with E-state index in [1.54, 1.807) is 12.1 Å². The number of nitro groups is 1. The van der Waals surface area contributed by atoms with E-state index in [2.05, 4.69) is 0 Å². The smallest absolute Gasteiger partial charge is 0.258 e. The third-order valence-electron chi connectivity index (χ3n) is 2.41. The van der Waals surface area contributed by atoms with E-state index >= 15 is 0 Å². The molecule has 1 atom stereocenters. The monoisotopic (exact) mass is 209 g/mol. The van der Waals surface area contributed by atoms with E-state index in [1.807, 2.05) is 23.9 Å². The van der Waals surface area contributed by atoms with Gasteiger partial charge in [0.05, 0.1) is 4.92 Å². The van der Waals surface area contributed by atoms with Gasteiger partial charge in [-0.25, -0.2) is 0 Å². The number of thioether (sulfide) groups is 1. The second-order valence-electron chi connectivity index (χ2n) is 3.35. The largest absolute Gasteiger partial charge is 0.269 e. The molecule has 1 unspecified atom stereocenters. The number of hydrogen-bond acceptors (Lipinski definition) is 3. The lowest BCUT2D eigenvalue weighted by molar-refractivity contribution is -0.384. The van der Waals surface area contributed by atoms with Crippen LogP contribution in [0.1, 0.15) is 23.7 Å². The number of nitrogens with zero attached hydrogens (tertiary/aromatic N) is 1. The van der Waals surface area contributed by atoms with Gasteiger partial charge in [-0.15, -0.1) is 0 Å². The summed E-state index contributed by atoms with van der Waals surface area (Å²) in [5.41, 5.74) is 1.40. The van der Waals surface area contributed by atoms with Crippen molar-refractivity contribution in [3.05, 3.63) is 39.9 Å². The van der Waals surface area contributed by atoms with E-state index < -0.39 is 0 Å². The van der Waals surface area contributed by atoms with Crippen LogP contribution in [0.25, 0.3) is 0 Å². The van der Waals surface area contributed by atoms with Crippen molar-refractivity contribution in [2.75, 3.05) is 5.75 Å². The van der Waals surface area contributed by atoms with Crippen LogP contribution in [0.15, 0.2) is 24.3 Å². The van der Waals surface area contributed by atoms with Crippen molar-refractivity contribution in [3.63, 3.8) is 0 Å². The minimum Gasteiger partial charge on any atom is -0.258 e. The SMILES string of the molecule is O=[N+]([O-])c1ccc(C2CCCS2)cc1. The first kappa shape index (κ1) is 9.52. The quantitative estimate of drug-likeness (QED) is 0.555. The zero-order valence-electron chi connectivity index (χ0n) is 7.68. The highest BCUT2D eigenvalue weighted by Gasteiger charge is 2.18. The first-order valence-corrected chi connectivity index (χ1v) is 5.68. The van der Waals surface area contributed by atoms with Crippen molar-refractivity contribution >= 4 is 17.4 Å². The lowest BCUT2D eigenvalue weighted by Gasteiger charge is -2.07. The Hall–Kier alpha value is -1.03. The van der Waals surface area contributed by atoms with E-state index in [9.17, 15) is 10.1 Å². The van der Waals surface area contributed by atoms with Gasteiger partial charge in [0, 0.05) is 17.4 Å². The van der Waals surface area contributed by atoms with E-state index in [1.165, 1.54) is 24.2 Å². The molecule has 74 valence electrons. The molecule has 2 rings (SSSR count). The molecule has 0 spiro atoms. The molecule has 0 N–H and O–H groups in total. The number of hydrogen-bond donors (Lipinski definition) is 0. The van der Waals surface area contributed by atoms with Gasteiger partial charge in [0.15, 0.2) is 0 Å². The maximum atomic E-state index is 10.4. The predicted molar refractivity (Wildman–Crippen MR) is 57.5 cm³/mol. The van der Waals surface area contributed by atoms with Crippen LogP contribution in [-0.4, -0.2) is 10.7 Å². The average molecular weight is 209 g/mol. The van der Waals surface area contributed by atoms with Gasteiger partial charge in [-0.3, -0.25) is 10.1 Å². The van der Waals surface area contributed by atoms with Crippen LogP contribution in [0.2, 0.25) is 0 Å². The molecule has 1 fully saturated rings. The lowest BCUT2D eigenvalue weighted by atomic mass is 10.1. The van der Waals surface area contributed by atoms with Crippen LogP contribution >= 0.6 is 11.8 Å². The van der Waals surface area contributed by atoms with Crippen molar-refractivity contribution in [2.45, 2.75) is 18.1 Å². The molecule has 1 aromatic rings. The van der Waals surface area contributed by atoms with E-state index in [4.69, 9.17) is 0 Å². The van der Waals surface area contributed by atoms with Crippen LogP contribution in [0.3, 0.4) is 0 Å². The Bertz CT molecular complexity index is 330. The molecule has 0 aliphatic carbocycles. The summed E-state index contributed by atoms with van der Waals surface area (Å²) >= 11 is 1.94. The molecule has 14 heavy (non-hydrogen) atoms. The highest BCUT2D eigenvalue weighted by atomic mass is 32.2. The molecule has 1 aromatic carbocycles. The minimum atomic E-state index is -0.356. The first-order valence-electron chi connectivity index (χ1n) is 4.63. The maximum absolute atomic E-state index is 10.4. The van der Waals surface area contributed by atoms with Crippen molar-refractivity contribution in [3.8, 4) is 0 Å². The van der Waals surface area contributed by atoms with Gasteiger partial charge in [-0.1, -0.05) is 12.1 Å². The van der Waals surface area contributed by atoms with Crippen molar-refractivity contribution < 1.29 is 4.92 Å². The van der Waals surface area contributed by atoms with Gasteiger partial charge in [0.2, 0.25) is 0 Å². The summed E-state index contributed by atoms with van der Waals surface area (Å²) in [5.74, 6) is 1.21. The summed E-state index contributed by atoms with van der Waals surface area (Å²) in [7, 11) is 0. The zero-order chi connectivity index (χ0) is 9.97. The predicted octanol–water partition coefficient (Wildman–Crippen LogP) is 3.16. The molecule has 3 nitrogen and oxygen atoms in total. The first-order chi connectivity index (χ1) is 6.77. The maximum Gasteiger partial charge on any atom is 0.269 e. The molecule has 0 radical (unpaired) electrons. The molecular formula is C10H11NO2S. The van der Waals surface area contributed by atoms with Crippen molar-refractivity contribution in [1.82, 2.24) is 0 Å². The lowest BCUT2D eigenvalue weighted by Crippen LogP contribution is -1.91. The molecule has 1 aliphatic heterocycles. The van der Waals surface area contributed by atoms with Gasteiger partial charge in [0.1, 0.15) is 0 Å². The molecule has 0 saturated carbocycles. The summed E-state index contributed by atoms with van der Waals surface area (Å²) in [4.78, 5) is 10.1. The van der Waals surface area contributed by atoms with E-state index in [0.29, 0.717) is 5.25 Å². The number of non-ortho nitro benzene ring substituents is 1. The standard InChI is InChI=1S/C10H11NO2S/c12-11(13)9-5-3-8(4-6-9)10-2-1-7-14-10/h3-6,10H,1-2,7H2. The van der Waals surface area contributed by atoms with E-state index in [-0.39, 0.29) is 10.6 Å². The van der Waals surface area contributed by atoms with Gasteiger partial charge in [-0.2, -0.15) is 11.8 Å². The Morgan fingerprint density at radius 2 is 2.07 bits per heavy atom. The highest BCUT2D eigenvalue weighted by Crippen LogP contribution is 2.39. The number of benzene rings is 1. The molecule has 0 bridgehead atoms. The summed E-state index contributed by atoms with van der Waals surface area (Å²) in [6.45, 7) is 0. The highest BCUT2D eigenvalue weighted by molar-refractivity contribution is 7.99. The molecule has 1 aliphatic rings. The third-order valence-corrected chi connectivity index (χ3v) is 3.84. The zero-order valence-corrected chi connectivity index (χ0v) is 8.50. The molecular weight excluding hydrogens is 198 g/mol. The van der Waals surface area contributed by atoms with Crippen LogP contribution in [0.5, 0.6) is 0 Å². The van der Waals surface area contributed by atoms with Gasteiger partial charge in [0.25, 0.3) is 5.69 Å². The summed E-state index contributed by atoms with van der Waals surface area (Å²) in [6.07, 6.45) is 2.45. The third kappa shape index (κ3) is 1.90. The summed E-state index contributed by atoms with van der Waals surface area (Å²) in [6, 6.07) is 6.94. The Labute approximate surface area is 86.7 Å². The normalized spacial score (nSPS) is 21.0. The molecule has 0 aromatic heterocycles.